The summed E-state index contributed by atoms with van der Waals surface area (Å²) in [5.74, 6) is -1.22. The summed E-state index contributed by atoms with van der Waals surface area (Å²) in [6.07, 6.45) is -12.5. The van der Waals surface area contributed by atoms with Crippen LogP contribution >= 0.6 is 22.6 Å². The molecular weight excluding hydrogens is 598 g/mol. The van der Waals surface area contributed by atoms with E-state index >= 15 is 0 Å². The molecule has 0 aromatic heterocycles. The standard InChI is InChI=1S/C22H17F7IN3O2/c1-11-9-12(20(23,21(24,25)26)22(27,28)29)7-8-15(11)32-17(34)13-5-4-6-14(30)16(13)18(35)33-19(2,3)10-31/h4-9H,1-3H3,(H,32,34)(H,33,35)/p+2. The molecule has 0 radical (unpaired) electrons. The van der Waals surface area contributed by atoms with Gasteiger partial charge in [0.05, 0.1) is 5.56 Å². The maximum atomic E-state index is 14.3. The van der Waals surface area contributed by atoms with Crippen molar-refractivity contribution >= 4 is 40.1 Å². The summed E-state index contributed by atoms with van der Waals surface area (Å²) in [6, 6.07) is 7.81. The van der Waals surface area contributed by atoms with Gasteiger partial charge in [-0.15, -0.1) is 0 Å². The molecule has 35 heavy (non-hydrogen) atoms. The fourth-order valence-electron chi connectivity index (χ4n) is 3.12. The number of hydrogen-bond donors (Lipinski definition) is 3. The van der Waals surface area contributed by atoms with Gasteiger partial charge in [-0.25, -0.2) is 14.5 Å². The molecule has 5 nitrogen and oxygen atoms in total. The Kier molecular flexibility index (Phi) is 7.92. The number of quaternary nitrogens is 1. The van der Waals surface area contributed by atoms with Crippen molar-refractivity contribution in [1.82, 2.24) is 0 Å². The molecule has 0 bridgehead atoms. The fraction of sp³-hybridized carbons (Fsp3) is 0.318. The van der Waals surface area contributed by atoms with Crippen LogP contribution < -0.4 is 10.3 Å². The van der Waals surface area contributed by atoms with Crippen molar-refractivity contribution < 1.29 is 50.9 Å². The number of nitrogens with two attached hydrogens (primary N) is 1. The highest BCUT2D eigenvalue weighted by atomic mass is 127. The first-order valence-corrected chi connectivity index (χ1v) is 10.8. The Morgan fingerprint density at radius 1 is 1.06 bits per heavy atom. The third kappa shape index (κ3) is 5.75. The van der Waals surface area contributed by atoms with Gasteiger partial charge in [0.2, 0.25) is 5.54 Å². The highest BCUT2D eigenvalue weighted by Crippen LogP contribution is 2.53. The van der Waals surface area contributed by atoms with Gasteiger partial charge in [-0.05, 0) is 53.8 Å². The Morgan fingerprint density at radius 2 is 1.63 bits per heavy atom. The van der Waals surface area contributed by atoms with E-state index in [2.05, 4.69) is 4.99 Å². The number of rotatable bonds is 5. The van der Waals surface area contributed by atoms with Crippen LogP contribution in [-0.2, 0) is 5.67 Å². The normalized spacial score (nSPS) is 13.5. The summed E-state index contributed by atoms with van der Waals surface area (Å²) in [4.78, 5) is 15.5. The molecule has 0 unspecified atom stereocenters. The molecule has 2 aromatic carbocycles. The highest BCUT2D eigenvalue weighted by Gasteiger charge is 2.73. The lowest BCUT2D eigenvalue weighted by Crippen LogP contribution is -2.86. The summed E-state index contributed by atoms with van der Waals surface area (Å²) >= 11 is 1.84. The summed E-state index contributed by atoms with van der Waals surface area (Å²) in [7, 11) is 0. The number of primary amides is 1. The van der Waals surface area contributed by atoms with Gasteiger partial charge in [0.25, 0.3) is 0 Å². The molecule has 0 fully saturated rings. The van der Waals surface area contributed by atoms with E-state index in [0.29, 0.717) is 15.7 Å². The molecule has 13 heteroatoms. The number of carbonyl (C=O) groups is 1. The molecule has 0 heterocycles. The number of benzene rings is 2. The van der Waals surface area contributed by atoms with Crippen LogP contribution in [0.4, 0.5) is 36.4 Å². The first-order valence-electron chi connectivity index (χ1n) is 9.72. The van der Waals surface area contributed by atoms with Gasteiger partial charge in [-0.3, -0.25) is 0 Å². The fourth-order valence-corrected chi connectivity index (χ4v) is 3.87. The van der Waals surface area contributed by atoms with Gasteiger partial charge < -0.3 is 5.11 Å². The summed E-state index contributed by atoms with van der Waals surface area (Å²) < 4.78 is 93.0. The molecule has 0 aliphatic rings. The number of aryl methyl sites for hydroxylation is 1. The molecule has 0 atom stereocenters. The van der Waals surface area contributed by atoms with Crippen molar-refractivity contribution in [2.24, 2.45) is 0 Å². The van der Waals surface area contributed by atoms with Crippen molar-refractivity contribution in [3.8, 4) is 6.07 Å². The van der Waals surface area contributed by atoms with E-state index in [-0.39, 0.29) is 22.4 Å². The van der Waals surface area contributed by atoms with E-state index in [1.807, 2.05) is 28.7 Å². The van der Waals surface area contributed by atoms with E-state index in [1.165, 1.54) is 26.0 Å². The molecule has 1 amide bonds. The number of hydrogen-bond acceptors (Lipinski definition) is 2. The first kappa shape index (κ1) is 28.5. The summed E-state index contributed by atoms with van der Waals surface area (Å²) in [6.45, 7) is 4.08. The van der Waals surface area contributed by atoms with Crippen molar-refractivity contribution in [1.29, 1.82) is 5.26 Å². The predicted molar refractivity (Wildman–Crippen MR) is 119 cm³/mol. The Bertz CT molecular complexity index is 1200. The van der Waals surface area contributed by atoms with Gasteiger partial charge in [-0.1, -0.05) is 6.07 Å². The van der Waals surface area contributed by atoms with Gasteiger partial charge in [0.15, 0.2) is 0 Å². The molecule has 188 valence electrons. The number of carbonyl (C=O) groups excluding carboxylic acids is 1. The highest BCUT2D eigenvalue weighted by molar-refractivity contribution is 14.1. The monoisotopic (exact) mass is 617 g/mol. The number of aliphatic hydroxyl groups excluding tert-OH is 1. The molecule has 2 aromatic rings. The van der Waals surface area contributed by atoms with E-state index in [0.717, 1.165) is 18.3 Å². The maximum absolute atomic E-state index is 14.3. The minimum Gasteiger partial charge on any atom is -0.460 e. The average molecular weight is 617 g/mol. The Morgan fingerprint density at radius 3 is 2.11 bits per heavy atom. The number of halogens is 8. The Balaban J connectivity index is 2.50. The molecule has 0 aliphatic heterocycles. The second-order valence-electron chi connectivity index (χ2n) is 8.11. The van der Waals surface area contributed by atoms with Gasteiger partial charge in [0, 0.05) is 34.6 Å². The lowest BCUT2D eigenvalue weighted by Gasteiger charge is -2.30. The zero-order chi connectivity index (χ0) is 27.0. The van der Waals surface area contributed by atoms with E-state index in [4.69, 9.17) is 5.26 Å². The van der Waals surface area contributed by atoms with Crippen molar-refractivity contribution in [3.63, 3.8) is 0 Å². The van der Waals surface area contributed by atoms with Gasteiger partial charge in [-0.2, -0.15) is 36.6 Å². The number of nitriles is 1. The third-order valence-corrected chi connectivity index (χ3v) is 5.86. The number of alkyl halides is 7. The zero-order valence-electron chi connectivity index (χ0n) is 18.4. The predicted octanol–water partition coefficient (Wildman–Crippen LogP) is 3.61. The topological polar surface area (TPSA) is 91.7 Å². The lowest BCUT2D eigenvalue weighted by molar-refractivity contribution is -0.532. The zero-order valence-corrected chi connectivity index (χ0v) is 20.5. The van der Waals surface area contributed by atoms with Crippen molar-refractivity contribution in [3.05, 3.63) is 62.2 Å². The molecule has 0 saturated carbocycles. The lowest BCUT2D eigenvalue weighted by atomic mass is 9.92. The Labute approximate surface area is 208 Å². The second-order valence-corrected chi connectivity index (χ2v) is 9.27. The third-order valence-electron chi connectivity index (χ3n) is 4.96. The minimum atomic E-state index is -6.26. The van der Waals surface area contributed by atoms with Crippen molar-refractivity contribution in [2.45, 2.75) is 44.3 Å². The van der Waals surface area contributed by atoms with Crippen molar-refractivity contribution in [2.75, 3.05) is 0 Å². The Hall–Kier alpha value is -2.73. The van der Waals surface area contributed by atoms with Crippen LogP contribution in [0.3, 0.4) is 0 Å². The largest absolute Gasteiger partial charge is 0.460 e. The summed E-state index contributed by atoms with van der Waals surface area (Å²) in [5, 5.41) is 20.6. The molecule has 0 aliphatic carbocycles. The summed E-state index contributed by atoms with van der Waals surface area (Å²) in [5.41, 5.74) is -8.72. The molecule has 0 spiro atoms. The molecule has 2 rings (SSSR count). The number of amides is 1. The van der Waals surface area contributed by atoms with Crippen LogP contribution in [0, 0.1) is 21.8 Å². The van der Waals surface area contributed by atoms with E-state index in [9.17, 15) is 40.6 Å². The molecule has 0 saturated heterocycles. The number of aliphatic hydroxyl groups is 1. The maximum Gasteiger partial charge on any atom is 0.435 e. The second kappa shape index (κ2) is 9.73. The van der Waals surface area contributed by atoms with Crippen LogP contribution in [0.5, 0.6) is 0 Å². The number of nitrogens with one attached hydrogen (secondary N) is 1. The van der Waals surface area contributed by atoms with Gasteiger partial charge in [0.1, 0.15) is 17.3 Å². The number of nitrogens with zero attached hydrogens (tertiary/aromatic N) is 1. The van der Waals surface area contributed by atoms with E-state index in [1.54, 1.807) is 6.07 Å². The first-order chi connectivity index (χ1) is 15.9. The minimum absolute atomic E-state index is 0.0452. The van der Waals surface area contributed by atoms with Gasteiger partial charge >= 0.3 is 29.8 Å². The van der Waals surface area contributed by atoms with Crippen LogP contribution in [0.2, 0.25) is 0 Å². The molecule has 4 N–H and O–H groups in total. The SMILES string of the molecule is Cc1cc(C(F)(C(F)(F)F)C(F)(F)F)ccc1[NH2+]C(=O)c1cccc(I)c1C(O)=[NH+]C(C)(C)C#N. The smallest absolute Gasteiger partial charge is 0.435 e. The van der Waals surface area contributed by atoms with Crippen LogP contribution in [0.15, 0.2) is 36.4 Å². The van der Waals surface area contributed by atoms with Crippen LogP contribution in [-0.4, -0.2) is 34.8 Å². The quantitative estimate of drug-likeness (QED) is 0.158. The van der Waals surface area contributed by atoms with Crippen LogP contribution in [0.1, 0.15) is 40.9 Å². The average Bonchev–Trinajstić information content (AvgIpc) is 2.72. The van der Waals surface area contributed by atoms with E-state index < -0.39 is 40.9 Å². The molecular formula is C22H19F7IN3O2+2. The van der Waals surface area contributed by atoms with Crippen LogP contribution in [0.25, 0.3) is 0 Å².